The summed E-state index contributed by atoms with van der Waals surface area (Å²) >= 11 is 0. The molecule has 136 valence electrons. The van der Waals surface area contributed by atoms with Crippen LogP contribution in [0.3, 0.4) is 0 Å². The number of hydrogen-bond acceptors (Lipinski definition) is 6. The van der Waals surface area contributed by atoms with E-state index in [1.807, 2.05) is 13.0 Å². The molecule has 0 amide bonds. The number of carbonyl (C=O) groups excluding carboxylic acids is 2. The fourth-order valence-electron chi connectivity index (χ4n) is 2.71. The molecule has 0 unspecified atom stereocenters. The highest BCUT2D eigenvalue weighted by molar-refractivity contribution is 6.19. The van der Waals surface area contributed by atoms with Gasteiger partial charge in [-0.3, -0.25) is 4.79 Å². The molecule has 6 heteroatoms. The Morgan fingerprint density at radius 2 is 1.96 bits per heavy atom. The van der Waals surface area contributed by atoms with Crippen molar-refractivity contribution in [2.45, 2.75) is 60.2 Å². The molecule has 0 spiro atoms. The van der Waals surface area contributed by atoms with Gasteiger partial charge in [-0.15, -0.1) is 0 Å². The summed E-state index contributed by atoms with van der Waals surface area (Å²) < 4.78 is 16.4. The number of carbonyl (C=O) groups is 2. The maximum Gasteiger partial charge on any atom is 0.345 e. The largest absolute Gasteiger partial charge is 0.489 e. The molecule has 1 aliphatic rings. The third-order valence-electron chi connectivity index (χ3n) is 3.83. The molecular weight excluding hydrogens is 322 g/mol. The lowest BCUT2D eigenvalue weighted by molar-refractivity contribution is -0.152. The summed E-state index contributed by atoms with van der Waals surface area (Å²) in [6.45, 7) is 12.3. The van der Waals surface area contributed by atoms with Crippen LogP contribution in [0.2, 0.25) is 0 Å². The Hall–Kier alpha value is -2.37. The van der Waals surface area contributed by atoms with Crippen LogP contribution in [0, 0.1) is 12.8 Å². The summed E-state index contributed by atoms with van der Waals surface area (Å²) in [6.07, 6.45) is 2.90. The van der Waals surface area contributed by atoms with Crippen LogP contribution in [-0.4, -0.2) is 28.4 Å². The summed E-state index contributed by atoms with van der Waals surface area (Å²) in [7, 11) is 0. The molecule has 6 nitrogen and oxygen atoms in total. The maximum atomic E-state index is 12.7. The van der Waals surface area contributed by atoms with Crippen LogP contribution < -0.4 is 0 Å². The van der Waals surface area contributed by atoms with Gasteiger partial charge in [0.15, 0.2) is 11.7 Å². The van der Waals surface area contributed by atoms with Crippen LogP contribution in [0.15, 0.2) is 27.6 Å². The first kappa shape index (κ1) is 19.0. The number of rotatable bonds is 3. The van der Waals surface area contributed by atoms with Gasteiger partial charge in [-0.05, 0) is 46.3 Å². The van der Waals surface area contributed by atoms with E-state index in [2.05, 4.69) is 4.98 Å². The van der Waals surface area contributed by atoms with Crippen molar-refractivity contribution in [3.05, 3.63) is 34.8 Å². The average Bonchev–Trinajstić information content (AvgIpc) is 2.86. The van der Waals surface area contributed by atoms with Crippen LogP contribution in [0.25, 0.3) is 6.08 Å². The number of ether oxygens (including phenoxy) is 2. The molecule has 0 aliphatic carbocycles. The van der Waals surface area contributed by atoms with E-state index in [0.717, 1.165) is 5.57 Å². The van der Waals surface area contributed by atoms with E-state index in [-0.39, 0.29) is 17.1 Å². The zero-order chi connectivity index (χ0) is 18.9. The van der Waals surface area contributed by atoms with Crippen LogP contribution >= 0.6 is 0 Å². The molecule has 0 saturated carbocycles. The number of nitrogens with zero attached hydrogens (tertiary/aromatic N) is 1. The van der Waals surface area contributed by atoms with Crippen molar-refractivity contribution < 1.29 is 23.5 Å². The number of allylic oxidation sites excluding steroid dienone is 1. The highest BCUT2D eigenvalue weighted by Gasteiger charge is 2.40. The van der Waals surface area contributed by atoms with Gasteiger partial charge in [0.2, 0.25) is 0 Å². The van der Waals surface area contributed by atoms with Gasteiger partial charge in [0, 0.05) is 6.92 Å². The van der Waals surface area contributed by atoms with Crippen molar-refractivity contribution in [2.75, 3.05) is 0 Å². The molecule has 2 heterocycles. The minimum atomic E-state index is -0.675. The van der Waals surface area contributed by atoms with E-state index >= 15 is 0 Å². The number of aromatic nitrogens is 1. The zero-order valence-electron chi connectivity index (χ0n) is 15.8. The van der Waals surface area contributed by atoms with Crippen LogP contribution in [0.5, 0.6) is 0 Å². The molecule has 25 heavy (non-hydrogen) atoms. The van der Waals surface area contributed by atoms with Crippen LogP contribution in [-0.2, 0) is 19.1 Å². The smallest absolute Gasteiger partial charge is 0.345 e. The van der Waals surface area contributed by atoms with Crippen molar-refractivity contribution in [2.24, 2.45) is 5.92 Å². The Labute approximate surface area is 147 Å². The van der Waals surface area contributed by atoms with E-state index in [9.17, 15) is 9.59 Å². The molecular formula is C19H25NO5. The standard InChI is InChI=1S/C19H25NO5/c1-10(8-14-9-23-13(4)20-14)17-11(2)16(21)15(12(3)24-17)18(22)25-19(5,6)7/h8-9,11,17H,1-7H3/b10-8+/t11-,17+/m1/s1. The van der Waals surface area contributed by atoms with Gasteiger partial charge < -0.3 is 13.9 Å². The molecule has 0 N–H and O–H groups in total. The number of hydrogen-bond donors (Lipinski definition) is 0. The first-order valence-corrected chi connectivity index (χ1v) is 8.25. The molecule has 0 fully saturated rings. The van der Waals surface area contributed by atoms with Gasteiger partial charge in [-0.25, -0.2) is 9.78 Å². The van der Waals surface area contributed by atoms with Crippen LogP contribution in [0.4, 0.5) is 0 Å². The van der Waals surface area contributed by atoms with Gasteiger partial charge in [0.1, 0.15) is 35.0 Å². The predicted octanol–water partition coefficient (Wildman–Crippen LogP) is 3.61. The monoisotopic (exact) mass is 347 g/mol. The summed E-state index contributed by atoms with van der Waals surface area (Å²) in [5, 5.41) is 0. The van der Waals surface area contributed by atoms with Crippen molar-refractivity contribution >= 4 is 17.8 Å². The van der Waals surface area contributed by atoms with Gasteiger partial charge in [-0.1, -0.05) is 6.92 Å². The molecule has 1 aliphatic heterocycles. The van der Waals surface area contributed by atoms with Gasteiger partial charge in [0.05, 0.1) is 5.92 Å². The summed E-state index contributed by atoms with van der Waals surface area (Å²) in [4.78, 5) is 29.3. The predicted molar refractivity (Wildman–Crippen MR) is 92.5 cm³/mol. The Balaban J connectivity index is 2.28. The van der Waals surface area contributed by atoms with Crippen molar-refractivity contribution in [1.29, 1.82) is 0 Å². The Morgan fingerprint density at radius 1 is 1.32 bits per heavy atom. The highest BCUT2D eigenvalue weighted by Crippen LogP contribution is 2.31. The number of ketones is 1. The number of esters is 1. The number of oxazole rings is 1. The molecule has 0 aromatic carbocycles. The quantitative estimate of drug-likeness (QED) is 0.614. The maximum absolute atomic E-state index is 12.7. The normalized spacial score (nSPS) is 22.0. The average molecular weight is 347 g/mol. The summed E-state index contributed by atoms with van der Waals surface area (Å²) in [6, 6.07) is 0. The fourth-order valence-corrected chi connectivity index (χ4v) is 2.71. The van der Waals surface area contributed by atoms with E-state index in [1.165, 1.54) is 0 Å². The second kappa shape index (κ2) is 6.86. The molecule has 0 radical (unpaired) electrons. The number of aryl methyl sites for hydroxylation is 1. The third-order valence-corrected chi connectivity index (χ3v) is 3.83. The third kappa shape index (κ3) is 4.38. The second-order valence-electron chi connectivity index (χ2n) is 7.30. The van der Waals surface area contributed by atoms with Gasteiger partial charge in [-0.2, -0.15) is 0 Å². The van der Waals surface area contributed by atoms with Gasteiger partial charge >= 0.3 is 5.97 Å². The van der Waals surface area contributed by atoms with Gasteiger partial charge in [0.25, 0.3) is 0 Å². The zero-order valence-corrected chi connectivity index (χ0v) is 15.8. The SMILES string of the molecule is CC1=C(C(=O)OC(C)(C)C)C(=O)[C@@H](C)[C@H](/C(C)=C/c2coc(C)n2)O1. The van der Waals surface area contributed by atoms with E-state index < -0.39 is 23.6 Å². The molecule has 0 bridgehead atoms. The Kier molecular flexibility index (Phi) is 5.20. The van der Waals surface area contributed by atoms with Crippen molar-refractivity contribution in [3.8, 4) is 0 Å². The minimum absolute atomic E-state index is 0.0104. The fraction of sp³-hybridized carbons (Fsp3) is 0.526. The van der Waals surface area contributed by atoms with E-state index in [1.54, 1.807) is 47.8 Å². The lowest BCUT2D eigenvalue weighted by Gasteiger charge is -2.32. The lowest BCUT2D eigenvalue weighted by atomic mass is 9.87. The second-order valence-corrected chi connectivity index (χ2v) is 7.30. The Morgan fingerprint density at radius 3 is 2.48 bits per heavy atom. The highest BCUT2D eigenvalue weighted by atomic mass is 16.6. The van der Waals surface area contributed by atoms with Crippen LogP contribution in [0.1, 0.15) is 53.1 Å². The first-order valence-electron chi connectivity index (χ1n) is 8.25. The van der Waals surface area contributed by atoms with Crippen molar-refractivity contribution in [3.63, 3.8) is 0 Å². The summed E-state index contributed by atoms with van der Waals surface area (Å²) in [5.41, 5.74) is 0.809. The molecule has 1 aromatic rings. The molecule has 2 atom stereocenters. The van der Waals surface area contributed by atoms with E-state index in [4.69, 9.17) is 13.9 Å². The van der Waals surface area contributed by atoms with Crippen molar-refractivity contribution in [1.82, 2.24) is 4.98 Å². The molecule has 2 rings (SSSR count). The summed E-state index contributed by atoms with van der Waals surface area (Å²) in [5.74, 6) is -0.570. The molecule has 1 aromatic heterocycles. The number of Topliss-reactive ketones (excluding diaryl/α,β-unsaturated/α-hetero) is 1. The minimum Gasteiger partial charge on any atom is -0.489 e. The molecule has 0 saturated heterocycles. The Bertz CT molecular complexity index is 748. The van der Waals surface area contributed by atoms with E-state index in [0.29, 0.717) is 11.6 Å². The topological polar surface area (TPSA) is 78.6 Å². The lowest BCUT2D eigenvalue weighted by Crippen LogP contribution is -2.39. The first-order chi connectivity index (χ1) is 11.5.